The third-order valence-corrected chi connectivity index (χ3v) is 2.75. The summed E-state index contributed by atoms with van der Waals surface area (Å²) >= 11 is 13.3. The Bertz CT molecular complexity index is 355. The van der Waals surface area contributed by atoms with E-state index in [2.05, 4.69) is 5.16 Å². The predicted octanol–water partition coefficient (Wildman–Crippen LogP) is 3.53. The van der Waals surface area contributed by atoms with Crippen molar-refractivity contribution in [1.82, 2.24) is 0 Å². The highest BCUT2D eigenvalue weighted by Gasteiger charge is 2.08. The second-order valence-electron chi connectivity index (χ2n) is 2.60. The number of hydrogen-bond acceptors (Lipinski definition) is 3. The first-order valence-corrected chi connectivity index (χ1v) is 5.99. The van der Waals surface area contributed by atoms with Crippen LogP contribution in [0.4, 0.5) is 0 Å². The van der Waals surface area contributed by atoms with Gasteiger partial charge in [0.2, 0.25) is 0 Å². The van der Waals surface area contributed by atoms with Crippen LogP contribution in [0.2, 0.25) is 10.0 Å². The molecule has 0 aliphatic carbocycles. The Morgan fingerprint density at radius 1 is 1.50 bits per heavy atom. The number of hydrogen-bond donors (Lipinski definition) is 1. The van der Waals surface area contributed by atoms with E-state index in [1.807, 2.05) is 6.26 Å². The van der Waals surface area contributed by atoms with Crippen molar-refractivity contribution >= 4 is 40.7 Å². The summed E-state index contributed by atoms with van der Waals surface area (Å²) in [7, 11) is 0. The molecule has 0 saturated heterocycles. The molecule has 1 aromatic rings. The third kappa shape index (κ3) is 2.80. The number of oxime groups is 1. The largest absolute Gasteiger partial charge is 0.411 e. The summed E-state index contributed by atoms with van der Waals surface area (Å²) in [5.41, 5.74) is 1.27. The van der Waals surface area contributed by atoms with Crippen molar-refractivity contribution in [1.29, 1.82) is 0 Å². The van der Waals surface area contributed by atoms with E-state index in [0.717, 1.165) is 0 Å². The van der Waals surface area contributed by atoms with Crippen molar-refractivity contribution in [3.05, 3.63) is 33.8 Å². The van der Waals surface area contributed by atoms with E-state index in [4.69, 9.17) is 28.4 Å². The summed E-state index contributed by atoms with van der Waals surface area (Å²) in [4.78, 5) is 0. The zero-order chi connectivity index (χ0) is 10.6. The smallest absolute Gasteiger partial charge is 0.0981 e. The monoisotopic (exact) mass is 249 g/mol. The molecule has 14 heavy (non-hydrogen) atoms. The summed E-state index contributed by atoms with van der Waals surface area (Å²) in [5, 5.41) is 13.1. The zero-order valence-electron chi connectivity index (χ0n) is 7.50. The molecule has 1 aromatic carbocycles. The number of halogens is 2. The van der Waals surface area contributed by atoms with E-state index in [-0.39, 0.29) is 0 Å². The number of benzene rings is 1. The molecule has 0 atom stereocenters. The van der Waals surface area contributed by atoms with Gasteiger partial charge in [-0.15, -0.1) is 0 Å². The lowest BCUT2D eigenvalue weighted by Gasteiger charge is -2.05. The molecule has 0 amide bonds. The highest BCUT2D eigenvalue weighted by Crippen LogP contribution is 2.22. The lowest BCUT2D eigenvalue weighted by atomic mass is 10.1. The van der Waals surface area contributed by atoms with E-state index in [9.17, 15) is 0 Å². The van der Waals surface area contributed by atoms with Gasteiger partial charge in [-0.25, -0.2) is 0 Å². The van der Waals surface area contributed by atoms with Gasteiger partial charge in [0.1, 0.15) is 0 Å². The van der Waals surface area contributed by atoms with E-state index in [0.29, 0.717) is 27.1 Å². The van der Waals surface area contributed by atoms with Crippen molar-refractivity contribution in [3.8, 4) is 0 Å². The SMILES string of the molecule is CSC/C(=N\O)c1ccc(Cl)cc1Cl. The van der Waals surface area contributed by atoms with Gasteiger partial charge in [0.05, 0.1) is 10.7 Å². The van der Waals surface area contributed by atoms with Gasteiger partial charge >= 0.3 is 0 Å². The minimum Gasteiger partial charge on any atom is -0.411 e. The third-order valence-electron chi connectivity index (χ3n) is 1.64. The van der Waals surface area contributed by atoms with Gasteiger partial charge in [-0.1, -0.05) is 34.4 Å². The second kappa shape index (κ2) is 5.49. The molecular weight excluding hydrogens is 241 g/mol. The Kier molecular flexibility index (Phi) is 4.58. The molecule has 0 saturated carbocycles. The molecule has 0 aliphatic heterocycles. The number of rotatable bonds is 3. The molecule has 0 fully saturated rings. The standard InChI is InChI=1S/C9H9Cl2NOS/c1-14-5-9(12-13)7-3-2-6(10)4-8(7)11/h2-4,13H,5H2,1H3/b12-9+. The summed E-state index contributed by atoms with van der Waals surface area (Å²) in [6, 6.07) is 5.09. The van der Waals surface area contributed by atoms with Crippen molar-refractivity contribution < 1.29 is 5.21 Å². The lowest BCUT2D eigenvalue weighted by molar-refractivity contribution is 0.319. The quantitative estimate of drug-likeness (QED) is 0.505. The first kappa shape index (κ1) is 11.7. The van der Waals surface area contributed by atoms with Crippen LogP contribution in [0.3, 0.4) is 0 Å². The van der Waals surface area contributed by atoms with Crippen LogP contribution < -0.4 is 0 Å². The van der Waals surface area contributed by atoms with Crippen LogP contribution >= 0.6 is 35.0 Å². The van der Waals surface area contributed by atoms with Crippen molar-refractivity contribution in [2.45, 2.75) is 0 Å². The van der Waals surface area contributed by atoms with Gasteiger partial charge in [0, 0.05) is 16.3 Å². The zero-order valence-corrected chi connectivity index (χ0v) is 9.83. The van der Waals surface area contributed by atoms with Gasteiger partial charge < -0.3 is 5.21 Å². The Morgan fingerprint density at radius 2 is 2.21 bits per heavy atom. The molecule has 2 nitrogen and oxygen atoms in total. The fourth-order valence-corrected chi connectivity index (χ4v) is 2.02. The Morgan fingerprint density at radius 3 is 2.71 bits per heavy atom. The number of thioether (sulfide) groups is 1. The fourth-order valence-electron chi connectivity index (χ4n) is 1.02. The van der Waals surface area contributed by atoms with E-state index in [1.165, 1.54) is 0 Å². The Balaban J connectivity index is 3.05. The summed E-state index contributed by atoms with van der Waals surface area (Å²) in [5.74, 6) is 0.609. The first-order chi connectivity index (χ1) is 6.69. The van der Waals surface area contributed by atoms with E-state index < -0.39 is 0 Å². The maximum absolute atomic E-state index is 8.79. The van der Waals surface area contributed by atoms with Gasteiger partial charge in [-0.2, -0.15) is 11.8 Å². The normalized spacial score (nSPS) is 11.8. The molecule has 0 aliphatic rings. The Labute approximate surface area is 96.9 Å². The molecule has 0 bridgehead atoms. The average Bonchev–Trinajstić information content (AvgIpc) is 2.15. The Hall–Kier alpha value is -0.380. The lowest BCUT2D eigenvalue weighted by Crippen LogP contribution is -2.04. The minimum atomic E-state index is 0.499. The minimum absolute atomic E-state index is 0.499. The van der Waals surface area contributed by atoms with Crippen molar-refractivity contribution in [3.63, 3.8) is 0 Å². The maximum atomic E-state index is 8.79. The van der Waals surface area contributed by atoms with Crippen LogP contribution in [0.25, 0.3) is 0 Å². The first-order valence-electron chi connectivity index (χ1n) is 3.84. The molecule has 76 valence electrons. The van der Waals surface area contributed by atoms with Crippen molar-refractivity contribution in [2.75, 3.05) is 12.0 Å². The molecule has 5 heteroatoms. The van der Waals surface area contributed by atoms with Gasteiger partial charge in [0.25, 0.3) is 0 Å². The molecule has 1 N–H and O–H groups in total. The van der Waals surface area contributed by atoms with Crippen LogP contribution in [0.5, 0.6) is 0 Å². The molecule has 0 spiro atoms. The van der Waals surface area contributed by atoms with Gasteiger partial charge in [-0.3, -0.25) is 0 Å². The fraction of sp³-hybridized carbons (Fsp3) is 0.222. The molecule has 0 unspecified atom stereocenters. The summed E-state index contributed by atoms with van der Waals surface area (Å²) < 4.78 is 0. The maximum Gasteiger partial charge on any atom is 0.0981 e. The summed E-state index contributed by atoms with van der Waals surface area (Å²) in [6.45, 7) is 0. The van der Waals surface area contributed by atoms with Gasteiger partial charge in [0.15, 0.2) is 0 Å². The van der Waals surface area contributed by atoms with Crippen LogP contribution in [0.1, 0.15) is 5.56 Å². The topological polar surface area (TPSA) is 32.6 Å². The van der Waals surface area contributed by atoms with E-state index >= 15 is 0 Å². The highest BCUT2D eigenvalue weighted by atomic mass is 35.5. The van der Waals surface area contributed by atoms with Crippen molar-refractivity contribution in [2.24, 2.45) is 5.16 Å². The van der Waals surface area contributed by atoms with E-state index in [1.54, 1.807) is 30.0 Å². The molecule has 1 rings (SSSR count). The van der Waals surface area contributed by atoms with Crippen LogP contribution in [0.15, 0.2) is 23.4 Å². The average molecular weight is 250 g/mol. The summed E-state index contributed by atoms with van der Waals surface area (Å²) in [6.07, 6.45) is 1.93. The van der Waals surface area contributed by atoms with Crippen LogP contribution in [-0.2, 0) is 0 Å². The molecule has 0 radical (unpaired) electrons. The predicted molar refractivity (Wildman–Crippen MR) is 63.2 cm³/mol. The molecule has 0 heterocycles. The number of nitrogens with zero attached hydrogens (tertiary/aromatic N) is 1. The highest BCUT2D eigenvalue weighted by molar-refractivity contribution is 7.99. The molecule has 0 aromatic heterocycles. The van der Waals surface area contributed by atoms with Crippen LogP contribution in [0, 0.1) is 0 Å². The van der Waals surface area contributed by atoms with Gasteiger partial charge in [-0.05, 0) is 18.4 Å². The van der Waals surface area contributed by atoms with Crippen LogP contribution in [-0.4, -0.2) is 22.9 Å². The second-order valence-corrected chi connectivity index (χ2v) is 4.31. The molecular formula is C9H9Cl2NOS.